The van der Waals surface area contributed by atoms with Crippen molar-refractivity contribution in [2.24, 2.45) is 5.14 Å². The minimum absolute atomic E-state index is 0.0145. The summed E-state index contributed by atoms with van der Waals surface area (Å²) in [6.07, 6.45) is -3.24. The minimum Gasteiger partial charge on any atom is -0.261 e. The zero-order valence-corrected chi connectivity index (χ0v) is 18.3. The second-order valence-electron chi connectivity index (χ2n) is 7.43. The lowest BCUT2D eigenvalue weighted by Gasteiger charge is -2.13. The zero-order valence-electron chi connectivity index (χ0n) is 17.5. The molecule has 0 aliphatic heterocycles. The molecule has 0 aliphatic carbocycles. The molecule has 0 aliphatic rings. The first-order valence-electron chi connectivity index (χ1n) is 10.0. The third kappa shape index (κ3) is 4.85. The monoisotopic (exact) mass is 490 g/mol. The molecule has 0 spiro atoms. The third-order valence-electron chi connectivity index (χ3n) is 5.13. The van der Waals surface area contributed by atoms with E-state index in [2.05, 4.69) is 10.1 Å². The molecule has 0 radical (unpaired) electrons. The van der Waals surface area contributed by atoms with Crippen LogP contribution in [0.4, 0.5) is 17.6 Å². The van der Waals surface area contributed by atoms with Crippen LogP contribution in [0.3, 0.4) is 0 Å². The molecule has 4 rings (SSSR count). The van der Waals surface area contributed by atoms with E-state index in [9.17, 15) is 26.0 Å². The zero-order chi connectivity index (χ0) is 24.5. The van der Waals surface area contributed by atoms with Gasteiger partial charge in [0.1, 0.15) is 10.7 Å². The predicted octanol–water partition coefficient (Wildman–Crippen LogP) is 4.52. The van der Waals surface area contributed by atoms with E-state index in [4.69, 9.17) is 5.14 Å². The standard InChI is InChI=1S/C23H18F4N4O2S/c24-16-10-8-15(9-11-16)21-18(13-12-17-5-3-4-14-29-17)22(23(25,26)27)30-31(21)19-6-1-2-7-20(19)34(28,32)33/h1-11,14H,12-13H2,(H2,28,32,33). The number of aromatic nitrogens is 3. The van der Waals surface area contributed by atoms with Crippen LogP contribution in [0.2, 0.25) is 0 Å². The van der Waals surface area contributed by atoms with Crippen LogP contribution in [-0.4, -0.2) is 23.2 Å². The van der Waals surface area contributed by atoms with Gasteiger partial charge in [0.15, 0.2) is 5.69 Å². The van der Waals surface area contributed by atoms with Crippen LogP contribution in [0.1, 0.15) is 17.0 Å². The summed E-state index contributed by atoms with van der Waals surface area (Å²) in [5.74, 6) is -0.578. The number of hydrogen-bond acceptors (Lipinski definition) is 4. The maximum atomic E-state index is 14.1. The SMILES string of the molecule is NS(=O)(=O)c1ccccc1-n1nc(C(F)(F)F)c(CCc2ccccn2)c1-c1ccc(F)cc1. The van der Waals surface area contributed by atoms with Gasteiger partial charge < -0.3 is 0 Å². The van der Waals surface area contributed by atoms with Crippen LogP contribution in [0.25, 0.3) is 16.9 Å². The fraction of sp³-hybridized carbons (Fsp3) is 0.130. The molecule has 0 fully saturated rings. The maximum absolute atomic E-state index is 14.1. The molecule has 4 aromatic rings. The molecule has 176 valence electrons. The van der Waals surface area contributed by atoms with Crippen molar-refractivity contribution in [3.05, 3.63) is 95.7 Å². The molecule has 0 unspecified atom stereocenters. The first-order chi connectivity index (χ1) is 16.1. The fourth-order valence-electron chi connectivity index (χ4n) is 3.67. The molecule has 0 bridgehead atoms. The highest BCUT2D eigenvalue weighted by Crippen LogP contribution is 2.39. The number of nitrogens with zero attached hydrogens (tertiary/aromatic N) is 3. The average Bonchev–Trinajstić information content (AvgIpc) is 3.18. The van der Waals surface area contributed by atoms with E-state index >= 15 is 0 Å². The molecule has 11 heteroatoms. The number of aryl methyl sites for hydroxylation is 1. The van der Waals surface area contributed by atoms with Crippen molar-refractivity contribution in [1.29, 1.82) is 0 Å². The summed E-state index contributed by atoms with van der Waals surface area (Å²) in [6, 6.07) is 15.3. The number of nitrogens with two attached hydrogens (primary N) is 1. The molecular weight excluding hydrogens is 472 g/mol. The van der Waals surface area contributed by atoms with Gasteiger partial charge in [-0.05, 0) is 61.4 Å². The average molecular weight is 490 g/mol. The quantitative estimate of drug-likeness (QED) is 0.402. The number of alkyl halides is 3. The Morgan fingerprint density at radius 2 is 1.59 bits per heavy atom. The lowest BCUT2D eigenvalue weighted by molar-refractivity contribution is -0.141. The first-order valence-corrected chi connectivity index (χ1v) is 11.6. The Kier molecular flexibility index (Phi) is 6.24. The van der Waals surface area contributed by atoms with Gasteiger partial charge in [-0.2, -0.15) is 18.3 Å². The van der Waals surface area contributed by atoms with Crippen molar-refractivity contribution in [3.8, 4) is 16.9 Å². The van der Waals surface area contributed by atoms with Gasteiger partial charge in [0.25, 0.3) is 0 Å². The van der Waals surface area contributed by atoms with Gasteiger partial charge in [-0.3, -0.25) is 4.98 Å². The van der Waals surface area contributed by atoms with E-state index in [0.29, 0.717) is 5.69 Å². The summed E-state index contributed by atoms with van der Waals surface area (Å²) in [7, 11) is -4.29. The summed E-state index contributed by atoms with van der Waals surface area (Å²) in [6.45, 7) is 0. The topological polar surface area (TPSA) is 90.9 Å². The van der Waals surface area contributed by atoms with Crippen molar-refractivity contribution in [2.45, 2.75) is 23.9 Å². The highest BCUT2D eigenvalue weighted by Gasteiger charge is 2.40. The number of para-hydroxylation sites is 1. The van der Waals surface area contributed by atoms with Crippen LogP contribution >= 0.6 is 0 Å². The normalized spacial score (nSPS) is 12.1. The molecule has 0 saturated carbocycles. The smallest absolute Gasteiger partial charge is 0.261 e. The molecule has 2 aromatic heterocycles. The molecule has 2 heterocycles. The van der Waals surface area contributed by atoms with Crippen molar-refractivity contribution in [2.75, 3.05) is 0 Å². The highest BCUT2D eigenvalue weighted by molar-refractivity contribution is 7.89. The van der Waals surface area contributed by atoms with Crippen LogP contribution < -0.4 is 5.14 Å². The number of sulfonamides is 1. The van der Waals surface area contributed by atoms with E-state index in [1.54, 1.807) is 18.2 Å². The van der Waals surface area contributed by atoms with E-state index in [-0.39, 0.29) is 35.3 Å². The third-order valence-corrected chi connectivity index (χ3v) is 6.09. The van der Waals surface area contributed by atoms with Crippen LogP contribution in [0.5, 0.6) is 0 Å². The van der Waals surface area contributed by atoms with Crippen molar-refractivity contribution in [1.82, 2.24) is 14.8 Å². The number of benzene rings is 2. The first kappa shape index (κ1) is 23.6. The molecule has 6 nitrogen and oxygen atoms in total. The van der Waals surface area contributed by atoms with E-state index in [1.807, 2.05) is 0 Å². The molecule has 0 amide bonds. The van der Waals surface area contributed by atoms with E-state index < -0.39 is 32.6 Å². The Bertz CT molecular complexity index is 1420. The van der Waals surface area contributed by atoms with Crippen LogP contribution in [-0.2, 0) is 29.0 Å². The Balaban J connectivity index is 2.00. The summed E-state index contributed by atoms with van der Waals surface area (Å²) in [5, 5.41) is 9.11. The second-order valence-corrected chi connectivity index (χ2v) is 8.96. The Morgan fingerprint density at radius 1 is 0.912 bits per heavy atom. The molecule has 2 N–H and O–H groups in total. The highest BCUT2D eigenvalue weighted by atomic mass is 32.2. The van der Waals surface area contributed by atoms with Crippen LogP contribution in [0, 0.1) is 5.82 Å². The minimum atomic E-state index is -4.84. The summed E-state index contributed by atoms with van der Waals surface area (Å²) in [4.78, 5) is 3.76. The lowest BCUT2D eigenvalue weighted by atomic mass is 10.00. The largest absolute Gasteiger partial charge is 0.435 e. The second kappa shape index (κ2) is 8.99. The van der Waals surface area contributed by atoms with Gasteiger partial charge in [0, 0.05) is 23.0 Å². The van der Waals surface area contributed by atoms with Gasteiger partial charge in [0.2, 0.25) is 10.0 Å². The molecular formula is C23H18F4N4O2S. The Hall–Kier alpha value is -3.57. The van der Waals surface area contributed by atoms with Crippen molar-refractivity contribution in [3.63, 3.8) is 0 Å². The number of primary sulfonamides is 1. The van der Waals surface area contributed by atoms with E-state index in [0.717, 1.165) is 16.8 Å². The Labute approximate surface area is 192 Å². The number of pyridine rings is 1. The van der Waals surface area contributed by atoms with Gasteiger partial charge >= 0.3 is 6.18 Å². The molecule has 0 atom stereocenters. The summed E-state index contributed by atoms with van der Waals surface area (Å²) in [5.41, 5.74) is -0.720. The van der Waals surface area contributed by atoms with E-state index in [1.165, 1.54) is 42.6 Å². The number of rotatable bonds is 6. The van der Waals surface area contributed by atoms with Gasteiger partial charge in [-0.25, -0.2) is 22.6 Å². The molecule has 34 heavy (non-hydrogen) atoms. The molecule has 2 aromatic carbocycles. The van der Waals surface area contributed by atoms with Gasteiger partial charge in [-0.15, -0.1) is 0 Å². The summed E-state index contributed by atoms with van der Waals surface area (Å²) >= 11 is 0. The molecule has 0 saturated heterocycles. The Morgan fingerprint density at radius 3 is 2.21 bits per heavy atom. The van der Waals surface area contributed by atoms with Crippen molar-refractivity contribution < 1.29 is 26.0 Å². The number of halogens is 4. The fourth-order valence-corrected chi connectivity index (χ4v) is 4.38. The summed E-state index contributed by atoms with van der Waals surface area (Å²) < 4.78 is 81.2. The van der Waals surface area contributed by atoms with Crippen LogP contribution in [0.15, 0.2) is 77.8 Å². The predicted molar refractivity (Wildman–Crippen MR) is 117 cm³/mol. The van der Waals surface area contributed by atoms with Gasteiger partial charge in [0.05, 0.1) is 11.4 Å². The van der Waals surface area contributed by atoms with Gasteiger partial charge in [-0.1, -0.05) is 18.2 Å². The maximum Gasteiger partial charge on any atom is 0.435 e. The lowest BCUT2D eigenvalue weighted by Crippen LogP contribution is -2.16. The number of hydrogen-bond donors (Lipinski definition) is 1. The van der Waals surface area contributed by atoms with Crippen molar-refractivity contribution >= 4 is 10.0 Å².